The summed E-state index contributed by atoms with van der Waals surface area (Å²) in [5.74, 6) is 0.413. The van der Waals surface area contributed by atoms with E-state index < -0.39 is 15.6 Å². The van der Waals surface area contributed by atoms with Gasteiger partial charge in [-0.3, -0.25) is 9.40 Å². The molecule has 156 valence electrons. The Morgan fingerprint density at radius 3 is 2.77 bits per heavy atom. The molecule has 0 fully saturated rings. The summed E-state index contributed by atoms with van der Waals surface area (Å²) in [6, 6.07) is 8.73. The average Bonchev–Trinajstić information content (AvgIpc) is 3.36. The standard InChI is InChI=1S/C20H22N6O3S/c1-4-20(2,27)15-8-9-21-18(10-15)26-13-16(12-23-26)30(28,29)24-17-7-5-6-14-11-22-25(3)19(14)17/h5-13,24,27H,4H2,1-3H3/t20-/m0/s1. The van der Waals surface area contributed by atoms with E-state index in [1.165, 1.54) is 17.1 Å². The van der Waals surface area contributed by atoms with E-state index in [4.69, 9.17) is 0 Å². The van der Waals surface area contributed by atoms with Gasteiger partial charge in [0.05, 0.1) is 35.4 Å². The first-order valence-corrected chi connectivity index (χ1v) is 10.9. The molecule has 4 aromatic rings. The van der Waals surface area contributed by atoms with Crippen molar-refractivity contribution >= 4 is 26.6 Å². The molecule has 10 heteroatoms. The molecule has 3 aromatic heterocycles. The van der Waals surface area contributed by atoms with Crippen LogP contribution in [0.15, 0.2) is 60.0 Å². The number of anilines is 1. The lowest BCUT2D eigenvalue weighted by Gasteiger charge is -2.22. The molecule has 4 rings (SSSR count). The van der Waals surface area contributed by atoms with Gasteiger partial charge in [-0.05, 0) is 37.1 Å². The van der Waals surface area contributed by atoms with Gasteiger partial charge in [-0.2, -0.15) is 10.2 Å². The predicted molar refractivity (Wildman–Crippen MR) is 113 cm³/mol. The first kappa shape index (κ1) is 20.0. The maximum absolute atomic E-state index is 12.9. The lowest BCUT2D eigenvalue weighted by molar-refractivity contribution is 0.0530. The van der Waals surface area contributed by atoms with E-state index in [-0.39, 0.29) is 4.90 Å². The van der Waals surface area contributed by atoms with Gasteiger partial charge >= 0.3 is 0 Å². The Hall–Kier alpha value is -3.24. The molecule has 0 amide bonds. The van der Waals surface area contributed by atoms with Crippen LogP contribution in [0.4, 0.5) is 5.69 Å². The summed E-state index contributed by atoms with van der Waals surface area (Å²) in [7, 11) is -2.13. The summed E-state index contributed by atoms with van der Waals surface area (Å²) in [6.07, 6.45) is 6.41. The SMILES string of the molecule is CC[C@](C)(O)c1ccnc(-n2cc(S(=O)(=O)Nc3cccc4cnn(C)c34)cn2)c1. The molecule has 0 saturated heterocycles. The Kier molecular flexibility index (Phi) is 4.83. The minimum Gasteiger partial charge on any atom is -0.385 e. The lowest BCUT2D eigenvalue weighted by Crippen LogP contribution is -2.20. The van der Waals surface area contributed by atoms with Crippen LogP contribution < -0.4 is 4.72 Å². The van der Waals surface area contributed by atoms with Crippen molar-refractivity contribution in [2.75, 3.05) is 4.72 Å². The highest BCUT2D eigenvalue weighted by Crippen LogP contribution is 2.27. The third kappa shape index (κ3) is 3.55. The number of nitrogens with one attached hydrogen (secondary N) is 1. The van der Waals surface area contributed by atoms with Gasteiger partial charge in [-0.1, -0.05) is 19.1 Å². The molecule has 0 bridgehead atoms. The average molecular weight is 427 g/mol. The molecule has 1 atom stereocenters. The predicted octanol–water partition coefficient (Wildman–Crippen LogP) is 2.57. The van der Waals surface area contributed by atoms with Crippen LogP contribution in [0.3, 0.4) is 0 Å². The molecule has 2 N–H and O–H groups in total. The summed E-state index contributed by atoms with van der Waals surface area (Å²) >= 11 is 0. The number of hydrogen-bond acceptors (Lipinski definition) is 6. The number of aryl methyl sites for hydroxylation is 1. The van der Waals surface area contributed by atoms with Gasteiger partial charge in [0.25, 0.3) is 10.0 Å². The van der Waals surface area contributed by atoms with Gasteiger partial charge in [0.15, 0.2) is 5.82 Å². The van der Waals surface area contributed by atoms with Crippen LogP contribution in [0.2, 0.25) is 0 Å². The number of aromatic nitrogens is 5. The second kappa shape index (κ2) is 7.22. The molecular weight excluding hydrogens is 404 g/mol. The van der Waals surface area contributed by atoms with Gasteiger partial charge in [0.1, 0.15) is 4.90 Å². The molecule has 0 spiro atoms. The monoisotopic (exact) mass is 426 g/mol. The molecule has 0 unspecified atom stereocenters. The Balaban J connectivity index is 1.67. The summed E-state index contributed by atoms with van der Waals surface area (Å²) in [6.45, 7) is 3.60. The van der Waals surface area contributed by atoms with E-state index in [0.29, 0.717) is 29.0 Å². The number of sulfonamides is 1. The Bertz CT molecular complexity index is 1320. The van der Waals surface area contributed by atoms with Crippen molar-refractivity contribution in [1.29, 1.82) is 0 Å². The molecule has 3 heterocycles. The molecular formula is C20H22N6O3S. The van der Waals surface area contributed by atoms with Crippen molar-refractivity contribution in [2.45, 2.75) is 30.8 Å². The molecule has 0 aliphatic rings. The second-order valence-electron chi connectivity index (χ2n) is 7.27. The minimum atomic E-state index is -3.88. The normalized spacial score (nSPS) is 14.0. The highest BCUT2D eigenvalue weighted by atomic mass is 32.2. The number of rotatable bonds is 6. The highest BCUT2D eigenvalue weighted by Gasteiger charge is 2.23. The van der Waals surface area contributed by atoms with E-state index in [1.54, 1.807) is 55.3 Å². The highest BCUT2D eigenvalue weighted by molar-refractivity contribution is 7.92. The zero-order chi connectivity index (χ0) is 21.5. The number of fused-ring (bicyclic) bond motifs is 1. The van der Waals surface area contributed by atoms with Gasteiger partial charge in [-0.15, -0.1) is 0 Å². The summed E-state index contributed by atoms with van der Waals surface area (Å²) in [5.41, 5.74) is 0.781. The van der Waals surface area contributed by atoms with E-state index in [9.17, 15) is 13.5 Å². The number of pyridine rings is 1. The van der Waals surface area contributed by atoms with Crippen LogP contribution in [0, 0.1) is 0 Å². The maximum Gasteiger partial charge on any atom is 0.265 e. The van der Waals surface area contributed by atoms with Crippen molar-refractivity contribution in [3.63, 3.8) is 0 Å². The number of hydrogen-bond donors (Lipinski definition) is 2. The van der Waals surface area contributed by atoms with Crippen molar-refractivity contribution in [2.24, 2.45) is 7.05 Å². The number of aliphatic hydroxyl groups is 1. The molecule has 1 aromatic carbocycles. The number of para-hydroxylation sites is 1. The van der Waals surface area contributed by atoms with Crippen LogP contribution >= 0.6 is 0 Å². The van der Waals surface area contributed by atoms with Crippen LogP contribution in [0.1, 0.15) is 25.8 Å². The summed E-state index contributed by atoms with van der Waals surface area (Å²) < 4.78 is 31.5. The van der Waals surface area contributed by atoms with Crippen molar-refractivity contribution in [3.05, 3.63) is 60.7 Å². The van der Waals surface area contributed by atoms with Crippen LogP contribution in [-0.2, 0) is 22.7 Å². The molecule has 30 heavy (non-hydrogen) atoms. The Morgan fingerprint density at radius 2 is 2.00 bits per heavy atom. The van der Waals surface area contributed by atoms with Crippen LogP contribution in [0.5, 0.6) is 0 Å². The molecule has 0 saturated carbocycles. The fourth-order valence-electron chi connectivity index (χ4n) is 3.17. The van der Waals surface area contributed by atoms with Crippen molar-refractivity contribution < 1.29 is 13.5 Å². The second-order valence-corrected chi connectivity index (χ2v) is 8.95. The van der Waals surface area contributed by atoms with E-state index in [2.05, 4.69) is 19.9 Å². The van der Waals surface area contributed by atoms with Gasteiger partial charge < -0.3 is 5.11 Å². The maximum atomic E-state index is 12.9. The van der Waals surface area contributed by atoms with E-state index >= 15 is 0 Å². The smallest absolute Gasteiger partial charge is 0.265 e. The molecule has 0 aliphatic heterocycles. The largest absolute Gasteiger partial charge is 0.385 e. The fourth-order valence-corrected chi connectivity index (χ4v) is 4.17. The first-order valence-electron chi connectivity index (χ1n) is 9.39. The third-order valence-electron chi connectivity index (χ3n) is 5.16. The summed E-state index contributed by atoms with van der Waals surface area (Å²) in [4.78, 5) is 4.24. The van der Waals surface area contributed by atoms with Gasteiger partial charge in [0, 0.05) is 18.6 Å². The van der Waals surface area contributed by atoms with Crippen molar-refractivity contribution in [1.82, 2.24) is 24.5 Å². The topological polar surface area (TPSA) is 115 Å². The fraction of sp³-hybridized carbons (Fsp3) is 0.250. The molecule has 0 aliphatic carbocycles. The lowest BCUT2D eigenvalue weighted by atomic mass is 9.94. The first-order chi connectivity index (χ1) is 14.2. The Morgan fingerprint density at radius 1 is 1.20 bits per heavy atom. The van der Waals surface area contributed by atoms with E-state index in [0.717, 1.165) is 5.39 Å². The molecule has 9 nitrogen and oxygen atoms in total. The van der Waals surface area contributed by atoms with Gasteiger partial charge in [0.2, 0.25) is 0 Å². The van der Waals surface area contributed by atoms with Crippen LogP contribution in [-0.4, -0.2) is 38.1 Å². The van der Waals surface area contributed by atoms with E-state index in [1.807, 2.05) is 13.0 Å². The van der Waals surface area contributed by atoms with Gasteiger partial charge in [-0.25, -0.2) is 18.1 Å². The summed E-state index contributed by atoms with van der Waals surface area (Å²) in [5, 5.41) is 19.6. The number of benzene rings is 1. The van der Waals surface area contributed by atoms with Crippen LogP contribution in [0.25, 0.3) is 16.7 Å². The third-order valence-corrected chi connectivity index (χ3v) is 6.49. The Labute approximate surface area is 174 Å². The quantitative estimate of drug-likeness (QED) is 0.490. The minimum absolute atomic E-state index is 0.00359. The zero-order valence-corrected chi connectivity index (χ0v) is 17.6. The zero-order valence-electron chi connectivity index (χ0n) is 16.8. The number of nitrogens with zero attached hydrogens (tertiary/aromatic N) is 5. The van der Waals surface area contributed by atoms with Crippen molar-refractivity contribution in [3.8, 4) is 5.82 Å². The molecule has 0 radical (unpaired) electrons.